The van der Waals surface area contributed by atoms with Crippen molar-refractivity contribution in [3.05, 3.63) is 21.3 Å². The molecule has 1 aromatic rings. The number of urea groups is 1. The molecule has 2 N–H and O–H groups in total. The van der Waals surface area contributed by atoms with E-state index < -0.39 is 0 Å². The van der Waals surface area contributed by atoms with E-state index in [1.807, 2.05) is 17.0 Å². The first-order valence-electron chi connectivity index (χ1n) is 7.69. The molecule has 3 atom stereocenters. The molecule has 0 saturated carbocycles. The lowest BCUT2D eigenvalue weighted by atomic mass is 9.89. The number of ether oxygens (including phenoxy) is 1. The van der Waals surface area contributed by atoms with Gasteiger partial charge < -0.3 is 20.1 Å². The molecule has 2 amide bonds. The third-order valence-corrected chi connectivity index (χ3v) is 5.69. The fourth-order valence-electron chi connectivity index (χ4n) is 3.32. The number of carbonyl (C=O) groups is 1. The van der Waals surface area contributed by atoms with Crippen LogP contribution in [0.4, 0.5) is 4.79 Å². The smallest absolute Gasteiger partial charge is 0.317 e. The van der Waals surface area contributed by atoms with Gasteiger partial charge in [0.2, 0.25) is 0 Å². The SMILES string of the molecule is O=C(NCc1ccc(Cl)s1)N1CCC[C@@H]1[C@@H]1COCC[C@@H]1O. The van der Waals surface area contributed by atoms with Crippen LogP contribution in [-0.2, 0) is 11.3 Å². The second-order valence-corrected chi connectivity index (χ2v) is 7.66. The Hall–Kier alpha value is -0.820. The maximum absolute atomic E-state index is 12.4. The lowest BCUT2D eigenvalue weighted by molar-refractivity contribution is -0.0576. The second kappa shape index (κ2) is 7.17. The maximum Gasteiger partial charge on any atom is 0.317 e. The van der Waals surface area contributed by atoms with Gasteiger partial charge in [-0.2, -0.15) is 0 Å². The van der Waals surface area contributed by atoms with Crippen LogP contribution in [0.15, 0.2) is 12.1 Å². The van der Waals surface area contributed by atoms with Gasteiger partial charge >= 0.3 is 6.03 Å². The standard InChI is InChI=1S/C15H21ClN2O3S/c16-14-4-3-10(22-14)8-17-15(20)18-6-1-2-12(18)11-9-21-7-5-13(11)19/h3-4,11-13,19H,1-2,5-9H2,(H,17,20)/t11-,12+,13-/m0/s1. The van der Waals surface area contributed by atoms with Crippen molar-refractivity contribution in [2.75, 3.05) is 19.8 Å². The summed E-state index contributed by atoms with van der Waals surface area (Å²) in [6.07, 6.45) is 2.20. The number of aliphatic hydroxyl groups is 1. The predicted octanol–water partition coefficient (Wildman–Crippen LogP) is 2.47. The van der Waals surface area contributed by atoms with Crippen molar-refractivity contribution < 1.29 is 14.6 Å². The fourth-order valence-corrected chi connectivity index (χ4v) is 4.34. The Labute approximate surface area is 139 Å². The van der Waals surface area contributed by atoms with Crippen molar-refractivity contribution in [3.63, 3.8) is 0 Å². The molecule has 2 aliphatic heterocycles. The number of hydrogen-bond acceptors (Lipinski definition) is 4. The van der Waals surface area contributed by atoms with Gasteiger partial charge in [-0.15, -0.1) is 11.3 Å². The van der Waals surface area contributed by atoms with E-state index in [1.54, 1.807) is 0 Å². The molecule has 0 unspecified atom stereocenters. The number of likely N-dealkylation sites (tertiary alicyclic amines) is 1. The van der Waals surface area contributed by atoms with Gasteiger partial charge in [-0.25, -0.2) is 4.79 Å². The minimum Gasteiger partial charge on any atom is -0.393 e. The highest BCUT2D eigenvalue weighted by Crippen LogP contribution is 2.30. The highest BCUT2D eigenvalue weighted by Gasteiger charge is 2.39. The number of amides is 2. The minimum absolute atomic E-state index is 0.0261. The molecule has 3 heterocycles. The lowest BCUT2D eigenvalue weighted by Crippen LogP contribution is -2.50. The quantitative estimate of drug-likeness (QED) is 0.885. The zero-order valence-corrected chi connectivity index (χ0v) is 13.9. The van der Waals surface area contributed by atoms with E-state index in [1.165, 1.54) is 11.3 Å². The molecule has 0 bridgehead atoms. The third kappa shape index (κ3) is 3.56. The molecule has 1 aromatic heterocycles. The van der Waals surface area contributed by atoms with Gasteiger partial charge in [-0.3, -0.25) is 0 Å². The Morgan fingerprint density at radius 3 is 3.09 bits per heavy atom. The van der Waals surface area contributed by atoms with Crippen molar-refractivity contribution in [3.8, 4) is 0 Å². The highest BCUT2D eigenvalue weighted by atomic mass is 35.5. The minimum atomic E-state index is -0.372. The van der Waals surface area contributed by atoms with Crippen LogP contribution in [0.25, 0.3) is 0 Å². The first-order valence-corrected chi connectivity index (χ1v) is 8.89. The molecule has 0 aliphatic carbocycles. The molecule has 2 aliphatic rings. The number of nitrogens with zero attached hydrogens (tertiary/aromatic N) is 1. The van der Waals surface area contributed by atoms with Gasteiger partial charge in [-0.05, 0) is 31.4 Å². The van der Waals surface area contributed by atoms with Gasteiger partial charge in [-0.1, -0.05) is 11.6 Å². The van der Waals surface area contributed by atoms with E-state index in [4.69, 9.17) is 16.3 Å². The Morgan fingerprint density at radius 2 is 2.36 bits per heavy atom. The number of carbonyl (C=O) groups excluding carboxylic acids is 1. The van der Waals surface area contributed by atoms with Gasteiger partial charge in [0.15, 0.2) is 0 Å². The largest absolute Gasteiger partial charge is 0.393 e. The summed E-state index contributed by atoms with van der Waals surface area (Å²) in [4.78, 5) is 15.3. The summed E-state index contributed by atoms with van der Waals surface area (Å²) in [5, 5.41) is 13.1. The Balaban J connectivity index is 1.58. The van der Waals surface area contributed by atoms with Gasteiger partial charge in [0, 0.05) is 30.0 Å². The predicted molar refractivity (Wildman–Crippen MR) is 86.2 cm³/mol. The number of aliphatic hydroxyl groups excluding tert-OH is 1. The number of halogens is 1. The van der Waals surface area contributed by atoms with Crippen LogP contribution < -0.4 is 5.32 Å². The van der Waals surface area contributed by atoms with Crippen LogP contribution in [0.5, 0.6) is 0 Å². The molecule has 22 heavy (non-hydrogen) atoms. The first-order chi connectivity index (χ1) is 10.6. The average Bonchev–Trinajstić information content (AvgIpc) is 3.14. The molecule has 0 spiro atoms. The Kier molecular flexibility index (Phi) is 5.23. The highest BCUT2D eigenvalue weighted by molar-refractivity contribution is 7.16. The van der Waals surface area contributed by atoms with E-state index in [-0.39, 0.29) is 24.1 Å². The average molecular weight is 345 g/mol. The molecule has 7 heteroatoms. The molecule has 122 valence electrons. The molecule has 5 nitrogen and oxygen atoms in total. The summed E-state index contributed by atoms with van der Waals surface area (Å²) in [6.45, 7) is 2.37. The van der Waals surface area contributed by atoms with Crippen molar-refractivity contribution in [1.82, 2.24) is 10.2 Å². The van der Waals surface area contributed by atoms with Crippen LogP contribution in [0.3, 0.4) is 0 Å². The summed E-state index contributed by atoms with van der Waals surface area (Å²) in [6, 6.07) is 3.77. The van der Waals surface area contributed by atoms with Gasteiger partial charge in [0.1, 0.15) is 0 Å². The van der Waals surface area contributed by atoms with Crippen LogP contribution in [0.1, 0.15) is 24.1 Å². The fraction of sp³-hybridized carbons (Fsp3) is 0.667. The maximum atomic E-state index is 12.4. The summed E-state index contributed by atoms with van der Waals surface area (Å²) in [5.41, 5.74) is 0. The normalized spacial score (nSPS) is 28.8. The summed E-state index contributed by atoms with van der Waals surface area (Å²) in [7, 11) is 0. The van der Waals surface area contributed by atoms with E-state index in [9.17, 15) is 9.90 Å². The zero-order valence-electron chi connectivity index (χ0n) is 12.3. The van der Waals surface area contributed by atoms with E-state index >= 15 is 0 Å². The van der Waals surface area contributed by atoms with Crippen LogP contribution in [-0.4, -0.2) is 47.9 Å². The second-order valence-electron chi connectivity index (χ2n) is 5.86. The molecular formula is C15H21ClN2O3S. The lowest BCUT2D eigenvalue weighted by Gasteiger charge is -2.36. The van der Waals surface area contributed by atoms with E-state index in [2.05, 4.69) is 5.32 Å². The van der Waals surface area contributed by atoms with Crippen molar-refractivity contribution in [1.29, 1.82) is 0 Å². The number of hydrogen-bond donors (Lipinski definition) is 2. The molecular weight excluding hydrogens is 324 g/mol. The monoisotopic (exact) mass is 344 g/mol. The molecule has 3 rings (SSSR count). The topological polar surface area (TPSA) is 61.8 Å². The molecule has 2 fully saturated rings. The van der Waals surface area contributed by atoms with Gasteiger partial charge in [0.25, 0.3) is 0 Å². The van der Waals surface area contributed by atoms with Gasteiger partial charge in [0.05, 0.1) is 23.6 Å². The van der Waals surface area contributed by atoms with E-state index in [0.29, 0.717) is 26.2 Å². The van der Waals surface area contributed by atoms with Crippen LogP contribution in [0, 0.1) is 5.92 Å². The third-order valence-electron chi connectivity index (χ3n) is 4.46. The first kappa shape index (κ1) is 16.1. The van der Waals surface area contributed by atoms with E-state index in [0.717, 1.165) is 28.6 Å². The summed E-state index contributed by atoms with van der Waals surface area (Å²) < 4.78 is 6.22. The number of rotatable bonds is 3. The Morgan fingerprint density at radius 1 is 1.50 bits per heavy atom. The molecule has 0 radical (unpaired) electrons. The Bertz CT molecular complexity index is 525. The van der Waals surface area contributed by atoms with Crippen molar-refractivity contribution >= 4 is 29.0 Å². The van der Waals surface area contributed by atoms with Crippen LogP contribution >= 0.6 is 22.9 Å². The van der Waals surface area contributed by atoms with Crippen molar-refractivity contribution in [2.45, 2.75) is 38.0 Å². The van der Waals surface area contributed by atoms with Crippen molar-refractivity contribution in [2.24, 2.45) is 5.92 Å². The molecule has 2 saturated heterocycles. The number of nitrogens with one attached hydrogen (secondary N) is 1. The summed E-state index contributed by atoms with van der Waals surface area (Å²) >= 11 is 7.37. The summed E-state index contributed by atoms with van der Waals surface area (Å²) in [5.74, 6) is 0.0261. The number of thiophene rings is 1. The van der Waals surface area contributed by atoms with Crippen LogP contribution in [0.2, 0.25) is 4.34 Å². The molecule has 0 aromatic carbocycles. The zero-order chi connectivity index (χ0) is 15.5.